The molecule has 0 aliphatic carbocycles. The van der Waals surface area contributed by atoms with Crippen molar-refractivity contribution in [2.24, 2.45) is 0 Å². The molecule has 3 rings (SSSR count). The molecule has 0 unspecified atom stereocenters. The van der Waals surface area contributed by atoms with Crippen LogP contribution < -0.4 is 15.5 Å². The van der Waals surface area contributed by atoms with Gasteiger partial charge >= 0.3 is 0 Å². The van der Waals surface area contributed by atoms with E-state index in [1.807, 2.05) is 60.7 Å². The molecule has 8 heteroatoms. The highest BCUT2D eigenvalue weighted by Crippen LogP contribution is 2.28. The lowest BCUT2D eigenvalue weighted by molar-refractivity contribution is -0.127. The number of pyridine rings is 1. The molecule has 1 atom stereocenters. The van der Waals surface area contributed by atoms with Crippen LogP contribution in [-0.2, 0) is 4.79 Å². The van der Waals surface area contributed by atoms with E-state index < -0.39 is 17.9 Å². The molecule has 8 nitrogen and oxygen atoms in total. The average Bonchev–Trinajstić information content (AvgIpc) is 2.80. The molecule has 0 fully saturated rings. The molecule has 0 bridgehead atoms. The third-order valence-electron chi connectivity index (χ3n) is 4.97. The predicted molar refractivity (Wildman–Crippen MR) is 120 cm³/mol. The number of aromatic hydroxyl groups is 1. The summed E-state index contributed by atoms with van der Waals surface area (Å²) < 4.78 is 5.00. The van der Waals surface area contributed by atoms with Crippen LogP contribution in [0, 0.1) is 0 Å². The van der Waals surface area contributed by atoms with Crippen LogP contribution in [0.3, 0.4) is 0 Å². The van der Waals surface area contributed by atoms with Crippen molar-refractivity contribution < 1.29 is 19.4 Å². The molecule has 0 saturated heterocycles. The summed E-state index contributed by atoms with van der Waals surface area (Å²) in [5.74, 6) is -1.37. The summed E-state index contributed by atoms with van der Waals surface area (Å²) in [5.41, 5.74) is 4.63. The second-order valence-electron chi connectivity index (χ2n) is 7.22. The van der Waals surface area contributed by atoms with Crippen molar-refractivity contribution >= 4 is 11.8 Å². The highest BCUT2D eigenvalue weighted by atomic mass is 16.5. The fourth-order valence-corrected chi connectivity index (χ4v) is 3.34. The molecule has 1 aromatic heterocycles. The van der Waals surface area contributed by atoms with Gasteiger partial charge < -0.3 is 15.2 Å². The highest BCUT2D eigenvalue weighted by molar-refractivity contribution is 5.98. The number of methoxy groups -OCH3 is 1. The van der Waals surface area contributed by atoms with Crippen molar-refractivity contribution in [1.82, 2.24) is 20.7 Å². The molecule has 166 valence electrons. The zero-order valence-electron chi connectivity index (χ0n) is 18.1. The Morgan fingerprint density at radius 2 is 1.56 bits per heavy atom. The Hall–Kier alpha value is -3.91. The maximum atomic E-state index is 12.8. The summed E-state index contributed by atoms with van der Waals surface area (Å²) in [6.45, 7) is 1.55. The van der Waals surface area contributed by atoms with E-state index in [1.165, 1.54) is 19.4 Å². The topological polar surface area (TPSA) is 104 Å². The Morgan fingerprint density at radius 1 is 1.00 bits per heavy atom. The number of hydrogen-bond acceptors (Lipinski definition) is 6. The minimum atomic E-state index is -0.885. The lowest BCUT2D eigenvalue weighted by Crippen LogP contribution is -2.51. The Morgan fingerprint density at radius 3 is 2.09 bits per heavy atom. The number of benzene rings is 2. The molecule has 1 heterocycles. The van der Waals surface area contributed by atoms with Crippen LogP contribution in [0.15, 0.2) is 72.9 Å². The maximum Gasteiger partial charge on any atom is 0.274 e. The van der Waals surface area contributed by atoms with E-state index in [0.29, 0.717) is 0 Å². The van der Waals surface area contributed by atoms with Gasteiger partial charge in [0.1, 0.15) is 6.04 Å². The molecule has 0 spiro atoms. The fraction of sp³-hybridized carbons (Fsp3) is 0.208. The molecular weight excluding hydrogens is 408 g/mol. The minimum Gasteiger partial charge on any atom is -0.503 e. The number of ether oxygens (including phenoxy) is 1. The number of hydrazine groups is 1. The predicted octanol–water partition coefficient (Wildman–Crippen LogP) is 2.67. The SMILES string of the molecule is COc1ccnc(C(=O)N[C@@H](C)C(=O)NN(C)C(c2ccccc2)c2ccccc2)c1O. The standard InChI is InChI=1S/C24H26N4O4/c1-16(26-24(31)20-22(29)19(32-3)14-15-25-20)23(30)27-28(2)21(17-10-6-4-7-11-17)18-12-8-5-9-13-18/h4-16,21,29H,1-3H3,(H,26,31)(H,27,30)/t16-/m0/s1. The van der Waals surface area contributed by atoms with Crippen LogP contribution in [-0.4, -0.2) is 47.1 Å². The summed E-state index contributed by atoms with van der Waals surface area (Å²) in [5, 5.41) is 14.4. The number of carbonyl (C=O) groups excluding carboxylic acids is 2. The van der Waals surface area contributed by atoms with Crippen molar-refractivity contribution in [2.75, 3.05) is 14.2 Å². The number of hydrogen-bond donors (Lipinski definition) is 3. The van der Waals surface area contributed by atoms with Gasteiger partial charge in [-0.05, 0) is 18.1 Å². The summed E-state index contributed by atoms with van der Waals surface area (Å²) in [7, 11) is 3.14. The zero-order valence-corrected chi connectivity index (χ0v) is 18.1. The molecule has 0 aliphatic heterocycles. The van der Waals surface area contributed by atoms with E-state index in [9.17, 15) is 14.7 Å². The monoisotopic (exact) mass is 434 g/mol. The van der Waals surface area contributed by atoms with Crippen molar-refractivity contribution in [3.05, 3.63) is 89.7 Å². The summed E-state index contributed by atoms with van der Waals surface area (Å²) in [6.07, 6.45) is 1.34. The van der Waals surface area contributed by atoms with Gasteiger partial charge in [-0.1, -0.05) is 60.7 Å². The third-order valence-corrected chi connectivity index (χ3v) is 4.97. The van der Waals surface area contributed by atoms with Gasteiger partial charge in [-0.15, -0.1) is 0 Å². The van der Waals surface area contributed by atoms with Gasteiger partial charge in [-0.3, -0.25) is 15.0 Å². The van der Waals surface area contributed by atoms with Crippen molar-refractivity contribution in [1.29, 1.82) is 0 Å². The first-order valence-electron chi connectivity index (χ1n) is 10.1. The molecule has 0 saturated carbocycles. The Bertz CT molecular complexity index is 1020. The number of aromatic nitrogens is 1. The minimum absolute atomic E-state index is 0.121. The molecular formula is C24H26N4O4. The van der Waals surface area contributed by atoms with Crippen molar-refractivity contribution in [3.63, 3.8) is 0 Å². The number of nitrogens with zero attached hydrogens (tertiary/aromatic N) is 2. The largest absolute Gasteiger partial charge is 0.503 e. The fourth-order valence-electron chi connectivity index (χ4n) is 3.34. The first-order chi connectivity index (χ1) is 15.4. The average molecular weight is 434 g/mol. The lowest BCUT2D eigenvalue weighted by atomic mass is 9.98. The van der Waals surface area contributed by atoms with Gasteiger partial charge in [0.05, 0.1) is 13.2 Å². The van der Waals surface area contributed by atoms with E-state index >= 15 is 0 Å². The molecule has 0 aliphatic rings. The summed E-state index contributed by atoms with van der Waals surface area (Å²) in [4.78, 5) is 29.2. The van der Waals surface area contributed by atoms with E-state index in [0.717, 1.165) is 11.1 Å². The van der Waals surface area contributed by atoms with Gasteiger partial charge in [0, 0.05) is 19.3 Å². The molecule has 3 aromatic rings. The molecule has 2 amide bonds. The van der Waals surface area contributed by atoms with Gasteiger partial charge in [0.2, 0.25) is 0 Å². The lowest BCUT2D eigenvalue weighted by Gasteiger charge is -2.30. The van der Waals surface area contributed by atoms with Crippen LogP contribution in [0.1, 0.15) is 34.6 Å². The Kier molecular flexibility index (Phi) is 7.41. The van der Waals surface area contributed by atoms with E-state index in [2.05, 4.69) is 15.7 Å². The number of amides is 2. The quantitative estimate of drug-likeness (QED) is 0.471. The van der Waals surface area contributed by atoms with E-state index in [1.54, 1.807) is 19.0 Å². The number of rotatable bonds is 8. The van der Waals surface area contributed by atoms with Crippen LogP contribution in [0.25, 0.3) is 0 Å². The molecule has 32 heavy (non-hydrogen) atoms. The Balaban J connectivity index is 1.72. The Labute approximate surface area is 186 Å². The number of nitrogens with one attached hydrogen (secondary N) is 2. The molecule has 0 radical (unpaired) electrons. The van der Waals surface area contributed by atoms with Crippen LogP contribution in [0.4, 0.5) is 0 Å². The highest BCUT2D eigenvalue weighted by Gasteiger charge is 2.25. The van der Waals surface area contributed by atoms with Crippen molar-refractivity contribution in [3.8, 4) is 11.5 Å². The third kappa shape index (κ3) is 5.22. The van der Waals surface area contributed by atoms with Gasteiger partial charge in [0.15, 0.2) is 17.2 Å². The summed E-state index contributed by atoms with van der Waals surface area (Å²) >= 11 is 0. The van der Waals surface area contributed by atoms with Crippen molar-refractivity contribution in [2.45, 2.75) is 19.0 Å². The van der Waals surface area contributed by atoms with Gasteiger partial charge in [-0.25, -0.2) is 9.99 Å². The van der Waals surface area contributed by atoms with E-state index in [4.69, 9.17) is 4.74 Å². The normalized spacial score (nSPS) is 11.8. The second-order valence-corrected chi connectivity index (χ2v) is 7.22. The molecule has 2 aromatic carbocycles. The summed E-state index contributed by atoms with van der Waals surface area (Å²) in [6, 6.07) is 19.9. The van der Waals surface area contributed by atoms with Crippen LogP contribution in [0.2, 0.25) is 0 Å². The first kappa shape index (κ1) is 22.8. The molecule has 3 N–H and O–H groups in total. The number of carbonyl (C=O) groups is 2. The van der Waals surface area contributed by atoms with Crippen LogP contribution >= 0.6 is 0 Å². The van der Waals surface area contributed by atoms with Gasteiger partial charge in [-0.2, -0.15) is 0 Å². The van der Waals surface area contributed by atoms with Gasteiger partial charge in [0.25, 0.3) is 11.8 Å². The van der Waals surface area contributed by atoms with E-state index in [-0.39, 0.29) is 23.2 Å². The second kappa shape index (κ2) is 10.4. The van der Waals surface area contributed by atoms with Crippen LogP contribution in [0.5, 0.6) is 11.5 Å². The first-order valence-corrected chi connectivity index (χ1v) is 10.1. The zero-order chi connectivity index (χ0) is 23.1. The smallest absolute Gasteiger partial charge is 0.274 e. The maximum absolute atomic E-state index is 12.8.